The normalized spacial score (nSPS) is 14.0. The molecule has 0 aliphatic heterocycles. The van der Waals surface area contributed by atoms with E-state index in [0.29, 0.717) is 17.4 Å². The first-order valence-electron chi connectivity index (χ1n) is 16.9. The van der Waals surface area contributed by atoms with E-state index in [9.17, 15) is 19.5 Å². The zero-order valence-corrected chi connectivity index (χ0v) is 30.9. The number of nitrogens with one attached hydrogen (secondary N) is 2. The van der Waals surface area contributed by atoms with Crippen LogP contribution >= 0.6 is 11.6 Å². The van der Waals surface area contributed by atoms with Crippen molar-refractivity contribution in [3.63, 3.8) is 0 Å². The van der Waals surface area contributed by atoms with E-state index < -0.39 is 41.4 Å². The van der Waals surface area contributed by atoms with Gasteiger partial charge in [0, 0.05) is 11.1 Å². The van der Waals surface area contributed by atoms with Gasteiger partial charge in [-0.3, -0.25) is 10.1 Å². The van der Waals surface area contributed by atoms with E-state index in [4.69, 9.17) is 21.1 Å². The summed E-state index contributed by atoms with van der Waals surface area (Å²) in [6.07, 6.45) is 5.68. The molecule has 2 rings (SSSR count). The summed E-state index contributed by atoms with van der Waals surface area (Å²) in [7, 11) is 0. The second kappa shape index (κ2) is 18.8. The molecule has 0 unspecified atom stereocenters. The summed E-state index contributed by atoms with van der Waals surface area (Å²) in [4.78, 5) is 42.4. The third-order valence-corrected chi connectivity index (χ3v) is 7.37. The fourth-order valence-electron chi connectivity index (χ4n) is 4.97. The number of hydrogen-bond acceptors (Lipinski definition) is 7. The lowest BCUT2D eigenvalue weighted by atomic mass is 9.98. The summed E-state index contributed by atoms with van der Waals surface area (Å²) in [5.74, 6) is -0.0841. The van der Waals surface area contributed by atoms with Crippen LogP contribution in [-0.2, 0) is 20.7 Å². The van der Waals surface area contributed by atoms with Gasteiger partial charge in [-0.25, -0.2) is 14.5 Å². The molecule has 0 radical (unpaired) electrons. The van der Waals surface area contributed by atoms with Gasteiger partial charge in [-0.1, -0.05) is 81.6 Å². The Kier molecular flexibility index (Phi) is 15.9. The smallest absolute Gasteiger partial charge is 0.417 e. The third kappa shape index (κ3) is 16.0. The van der Waals surface area contributed by atoms with E-state index in [2.05, 4.69) is 24.5 Å². The lowest BCUT2D eigenvalue weighted by Gasteiger charge is -2.33. The quantitative estimate of drug-likeness (QED) is 0.172. The third-order valence-electron chi connectivity index (χ3n) is 7.12. The molecule has 0 spiro atoms. The van der Waals surface area contributed by atoms with Gasteiger partial charge in [-0.05, 0) is 102 Å². The Morgan fingerprint density at radius 3 is 2.08 bits per heavy atom. The highest BCUT2D eigenvalue weighted by Gasteiger charge is 2.35. The van der Waals surface area contributed by atoms with Crippen LogP contribution in [0.15, 0.2) is 54.6 Å². The number of alkyl carbamates (subject to hydrolysis) is 1. The molecule has 9 nitrogen and oxygen atoms in total. The number of amides is 3. The van der Waals surface area contributed by atoms with Gasteiger partial charge < -0.3 is 19.9 Å². The van der Waals surface area contributed by atoms with Crippen molar-refractivity contribution in [2.24, 2.45) is 5.92 Å². The second-order valence-electron chi connectivity index (χ2n) is 14.7. The maximum Gasteiger partial charge on any atom is 0.417 e. The number of unbranched alkanes of at least 4 members (excludes halogenated alkanes) is 1. The molecule has 2 aromatic rings. The number of imide groups is 1. The maximum atomic E-state index is 14.6. The lowest BCUT2D eigenvalue weighted by molar-refractivity contribution is -0.133. The second-order valence-corrected chi connectivity index (χ2v) is 15.1. The molecule has 48 heavy (non-hydrogen) atoms. The summed E-state index contributed by atoms with van der Waals surface area (Å²) in [6, 6.07) is 12.5. The van der Waals surface area contributed by atoms with Crippen molar-refractivity contribution < 1.29 is 29.0 Å². The molecule has 0 aliphatic carbocycles. The fourth-order valence-corrected chi connectivity index (χ4v) is 5.09. The minimum absolute atomic E-state index is 0.101. The first-order valence-corrected chi connectivity index (χ1v) is 17.2. The zero-order chi connectivity index (χ0) is 36.1. The highest BCUT2D eigenvalue weighted by molar-refractivity contribution is 6.30. The average molecular weight is 686 g/mol. The Labute approximate surface area is 292 Å². The van der Waals surface area contributed by atoms with Crippen LogP contribution in [0.5, 0.6) is 5.75 Å². The molecule has 266 valence electrons. The van der Waals surface area contributed by atoms with Crippen LogP contribution < -0.4 is 10.6 Å². The average Bonchev–Trinajstić information content (AvgIpc) is 2.96. The van der Waals surface area contributed by atoms with Crippen LogP contribution in [0.3, 0.4) is 0 Å². The number of phenols is 1. The Bertz CT molecular complexity index is 1330. The van der Waals surface area contributed by atoms with Crippen molar-refractivity contribution in [1.82, 2.24) is 15.5 Å². The number of rotatable bonds is 15. The molecule has 0 bridgehead atoms. The Balaban J connectivity index is 2.54. The van der Waals surface area contributed by atoms with Crippen molar-refractivity contribution in [3.8, 4) is 5.75 Å². The van der Waals surface area contributed by atoms with Crippen LogP contribution in [0.4, 0.5) is 9.59 Å². The van der Waals surface area contributed by atoms with Gasteiger partial charge in [0.2, 0.25) is 5.91 Å². The van der Waals surface area contributed by atoms with Crippen LogP contribution in [0, 0.1) is 5.92 Å². The highest BCUT2D eigenvalue weighted by atomic mass is 35.5. The summed E-state index contributed by atoms with van der Waals surface area (Å²) >= 11 is 6.09. The molecule has 0 saturated carbocycles. The monoisotopic (exact) mass is 685 g/mol. The van der Waals surface area contributed by atoms with Crippen LogP contribution in [0.2, 0.25) is 5.02 Å². The van der Waals surface area contributed by atoms with Gasteiger partial charge in [-0.15, -0.1) is 0 Å². The van der Waals surface area contributed by atoms with Gasteiger partial charge >= 0.3 is 12.2 Å². The molecule has 3 atom stereocenters. The first kappa shape index (κ1) is 40.6. The minimum Gasteiger partial charge on any atom is -0.508 e. The molecular formula is C38H56ClN3O6. The number of halogens is 1. The van der Waals surface area contributed by atoms with Crippen molar-refractivity contribution in [2.45, 2.75) is 124 Å². The van der Waals surface area contributed by atoms with Gasteiger partial charge in [-0.2, -0.15) is 0 Å². The Morgan fingerprint density at radius 1 is 0.938 bits per heavy atom. The molecule has 3 N–H and O–H groups in total. The molecule has 0 aliphatic rings. The summed E-state index contributed by atoms with van der Waals surface area (Å²) in [5.41, 5.74) is 0.166. The van der Waals surface area contributed by atoms with Crippen LogP contribution in [-0.4, -0.2) is 64.0 Å². The molecule has 0 aromatic heterocycles. The summed E-state index contributed by atoms with van der Waals surface area (Å²) in [6.45, 7) is 16.7. The molecule has 0 saturated heterocycles. The zero-order valence-electron chi connectivity index (χ0n) is 30.1. The number of carbonyl (C=O) groups excluding carboxylic acids is 3. The van der Waals surface area contributed by atoms with Crippen molar-refractivity contribution in [1.29, 1.82) is 0 Å². The van der Waals surface area contributed by atoms with E-state index >= 15 is 0 Å². The highest BCUT2D eigenvalue weighted by Crippen LogP contribution is 2.19. The van der Waals surface area contributed by atoms with Crippen molar-refractivity contribution in [3.05, 3.63) is 70.8 Å². The Morgan fingerprint density at radius 2 is 1.54 bits per heavy atom. The van der Waals surface area contributed by atoms with Crippen LogP contribution in [0.1, 0.15) is 99.1 Å². The van der Waals surface area contributed by atoms with Gasteiger partial charge in [0.25, 0.3) is 0 Å². The standard InChI is InChI=1S/C38H56ClN3O6/c1-10-11-12-31(41-35(45)47-37(4,5)6)25-42(36(46)48-38(7,8)9)34(44)33(24-28-16-21-32(43)22-17-28)40-30(23-26(2)3)20-15-27-13-18-29(39)19-14-27/h13-22,26,30-31,33,40,43H,10-12,23-25H2,1-9H3,(H,41,45)/b20-15-/t30-,31+,33+/m1/s1. The van der Waals surface area contributed by atoms with E-state index in [-0.39, 0.29) is 24.8 Å². The molecule has 2 aromatic carbocycles. The fraction of sp³-hybridized carbons (Fsp3) is 0.553. The van der Waals surface area contributed by atoms with E-state index in [1.165, 1.54) is 0 Å². The predicted octanol–water partition coefficient (Wildman–Crippen LogP) is 8.52. The topological polar surface area (TPSA) is 117 Å². The number of hydrogen-bond donors (Lipinski definition) is 3. The summed E-state index contributed by atoms with van der Waals surface area (Å²) in [5, 5.41) is 17.0. The van der Waals surface area contributed by atoms with Crippen LogP contribution in [0.25, 0.3) is 6.08 Å². The molecule has 3 amide bonds. The van der Waals surface area contributed by atoms with Crippen molar-refractivity contribution >= 4 is 35.8 Å². The Hall–Kier alpha value is -3.56. The molecule has 0 fully saturated rings. The number of phenolic OH excluding ortho intramolecular Hbond substituents is 1. The van der Waals surface area contributed by atoms with E-state index in [0.717, 1.165) is 35.3 Å². The van der Waals surface area contributed by atoms with E-state index in [1.54, 1.807) is 65.8 Å². The number of aromatic hydroxyl groups is 1. The number of ether oxygens (including phenoxy) is 2. The first-order chi connectivity index (χ1) is 22.3. The van der Waals surface area contributed by atoms with Crippen molar-refractivity contribution in [2.75, 3.05) is 6.54 Å². The SMILES string of the molecule is CCCC[C@@H](CN(C(=O)OC(C)(C)C)C(=O)[C@H](Cc1ccc(O)cc1)N[C@H](/C=C\c1ccc(Cl)cc1)CC(C)C)NC(=O)OC(C)(C)C. The maximum absolute atomic E-state index is 14.6. The molecule has 10 heteroatoms. The number of nitrogens with zero attached hydrogens (tertiary/aromatic N) is 1. The van der Waals surface area contributed by atoms with E-state index in [1.807, 2.05) is 43.3 Å². The van der Waals surface area contributed by atoms with Gasteiger partial charge in [0.05, 0.1) is 18.6 Å². The largest absolute Gasteiger partial charge is 0.508 e. The predicted molar refractivity (Wildman–Crippen MR) is 193 cm³/mol. The minimum atomic E-state index is -0.867. The lowest BCUT2D eigenvalue weighted by Crippen LogP contribution is -2.56. The molecular weight excluding hydrogens is 630 g/mol. The van der Waals surface area contributed by atoms with Gasteiger partial charge in [0.1, 0.15) is 17.0 Å². The van der Waals surface area contributed by atoms with Gasteiger partial charge in [0.15, 0.2) is 0 Å². The molecule has 0 heterocycles. The summed E-state index contributed by atoms with van der Waals surface area (Å²) < 4.78 is 11.3. The number of benzene rings is 2. The number of carbonyl (C=O) groups is 3.